The Bertz CT molecular complexity index is 732. The Kier molecular flexibility index (Phi) is 6.45. The van der Waals surface area contributed by atoms with E-state index in [-0.39, 0.29) is 11.4 Å². The zero-order valence-electron chi connectivity index (χ0n) is 14.5. The molecular formula is C18H21NO6. The molecule has 2 rings (SSSR count). The third kappa shape index (κ3) is 4.76. The zero-order valence-corrected chi connectivity index (χ0v) is 14.5. The molecule has 0 aromatic heterocycles. The third-order valence-corrected chi connectivity index (χ3v) is 3.49. The van der Waals surface area contributed by atoms with Crippen LogP contribution in [0.4, 0.5) is 5.69 Å². The van der Waals surface area contributed by atoms with Crippen LogP contribution in [0.3, 0.4) is 0 Å². The number of nitro groups is 1. The van der Waals surface area contributed by atoms with E-state index in [1.807, 2.05) is 0 Å². The highest BCUT2D eigenvalue weighted by Gasteiger charge is 2.19. The predicted octanol–water partition coefficient (Wildman–Crippen LogP) is 4.58. The van der Waals surface area contributed by atoms with Crippen LogP contribution in [0.25, 0.3) is 0 Å². The van der Waals surface area contributed by atoms with E-state index < -0.39 is 4.92 Å². The first-order chi connectivity index (χ1) is 12.1. The number of benzene rings is 2. The summed E-state index contributed by atoms with van der Waals surface area (Å²) in [6.45, 7) is 2.70. The van der Waals surface area contributed by atoms with E-state index in [0.29, 0.717) is 29.6 Å². The van der Waals surface area contributed by atoms with Gasteiger partial charge in [0.2, 0.25) is 5.75 Å². The van der Waals surface area contributed by atoms with Gasteiger partial charge in [0.25, 0.3) is 0 Å². The fourth-order valence-electron chi connectivity index (χ4n) is 2.13. The standard InChI is InChI=1S/C18H21NO6/c1-4-5-10-24-14-7-9-16(18(12-14)23-3)25-17-11-13(22-2)6-8-15(17)19(20)21/h6-9,11-12H,4-5,10H2,1-3H3. The number of unbranched alkanes of at least 4 members (excludes halogenated alkanes) is 1. The van der Waals surface area contributed by atoms with E-state index in [0.717, 1.165) is 12.8 Å². The highest BCUT2D eigenvalue weighted by Crippen LogP contribution is 2.39. The van der Waals surface area contributed by atoms with E-state index in [1.54, 1.807) is 18.2 Å². The molecule has 0 aliphatic carbocycles. The summed E-state index contributed by atoms with van der Waals surface area (Å²) in [5, 5.41) is 11.2. The highest BCUT2D eigenvalue weighted by atomic mass is 16.6. The van der Waals surface area contributed by atoms with Gasteiger partial charge < -0.3 is 18.9 Å². The summed E-state index contributed by atoms with van der Waals surface area (Å²) in [7, 11) is 2.98. The van der Waals surface area contributed by atoms with Crippen LogP contribution in [0.5, 0.6) is 28.7 Å². The van der Waals surface area contributed by atoms with Gasteiger partial charge in [0.1, 0.15) is 11.5 Å². The minimum absolute atomic E-state index is 0.0716. The maximum absolute atomic E-state index is 11.2. The van der Waals surface area contributed by atoms with Gasteiger partial charge in [-0.1, -0.05) is 13.3 Å². The highest BCUT2D eigenvalue weighted by molar-refractivity contribution is 5.55. The van der Waals surface area contributed by atoms with Crippen LogP contribution in [-0.4, -0.2) is 25.7 Å². The summed E-state index contributed by atoms with van der Waals surface area (Å²) in [5.41, 5.74) is -0.161. The number of rotatable bonds is 9. The van der Waals surface area contributed by atoms with Crippen LogP contribution >= 0.6 is 0 Å². The third-order valence-electron chi connectivity index (χ3n) is 3.49. The summed E-state index contributed by atoms with van der Waals surface area (Å²) < 4.78 is 21.8. The summed E-state index contributed by atoms with van der Waals surface area (Å²) >= 11 is 0. The molecule has 0 unspecified atom stereocenters. The van der Waals surface area contributed by atoms with Gasteiger partial charge in [-0.25, -0.2) is 0 Å². The van der Waals surface area contributed by atoms with Gasteiger partial charge >= 0.3 is 5.69 Å². The van der Waals surface area contributed by atoms with Gasteiger partial charge in [0.15, 0.2) is 11.5 Å². The Morgan fingerprint density at radius 1 is 0.960 bits per heavy atom. The molecule has 7 nitrogen and oxygen atoms in total. The van der Waals surface area contributed by atoms with Crippen LogP contribution in [0.1, 0.15) is 19.8 Å². The molecule has 2 aromatic carbocycles. The Morgan fingerprint density at radius 2 is 1.68 bits per heavy atom. The molecule has 0 amide bonds. The normalized spacial score (nSPS) is 10.2. The van der Waals surface area contributed by atoms with Crippen molar-refractivity contribution in [3.05, 3.63) is 46.5 Å². The van der Waals surface area contributed by atoms with Crippen molar-refractivity contribution in [2.75, 3.05) is 20.8 Å². The molecule has 0 aliphatic heterocycles. The van der Waals surface area contributed by atoms with Crippen molar-refractivity contribution in [1.82, 2.24) is 0 Å². The number of hydrogen-bond acceptors (Lipinski definition) is 6. The van der Waals surface area contributed by atoms with Gasteiger partial charge in [-0.15, -0.1) is 0 Å². The van der Waals surface area contributed by atoms with Crippen molar-refractivity contribution in [3.8, 4) is 28.7 Å². The molecule has 0 N–H and O–H groups in total. The summed E-state index contributed by atoms with van der Waals surface area (Å²) in [6, 6.07) is 9.39. The lowest BCUT2D eigenvalue weighted by Crippen LogP contribution is -1.99. The number of nitrogens with zero attached hydrogens (tertiary/aromatic N) is 1. The molecule has 0 saturated carbocycles. The Labute approximate surface area is 146 Å². The second-order valence-corrected chi connectivity index (χ2v) is 5.21. The molecule has 0 atom stereocenters. The fourth-order valence-corrected chi connectivity index (χ4v) is 2.13. The molecule has 134 valence electrons. The molecule has 0 heterocycles. The zero-order chi connectivity index (χ0) is 18.2. The van der Waals surface area contributed by atoms with Crippen molar-refractivity contribution >= 4 is 5.69 Å². The largest absolute Gasteiger partial charge is 0.497 e. The molecule has 0 aliphatic rings. The molecule has 0 radical (unpaired) electrons. The molecule has 25 heavy (non-hydrogen) atoms. The predicted molar refractivity (Wildman–Crippen MR) is 93.1 cm³/mol. The molecule has 7 heteroatoms. The number of ether oxygens (including phenoxy) is 4. The Morgan fingerprint density at radius 3 is 2.32 bits per heavy atom. The van der Waals surface area contributed by atoms with E-state index in [9.17, 15) is 10.1 Å². The molecule has 0 bridgehead atoms. The first kappa shape index (κ1) is 18.4. The quantitative estimate of drug-likeness (QED) is 0.375. The molecule has 0 spiro atoms. The first-order valence-corrected chi connectivity index (χ1v) is 7.90. The maximum atomic E-state index is 11.2. The number of hydrogen-bond donors (Lipinski definition) is 0. The molecule has 0 fully saturated rings. The minimum Gasteiger partial charge on any atom is -0.497 e. The number of methoxy groups -OCH3 is 2. The van der Waals surface area contributed by atoms with E-state index in [4.69, 9.17) is 18.9 Å². The molecular weight excluding hydrogens is 326 g/mol. The van der Waals surface area contributed by atoms with Gasteiger partial charge in [0.05, 0.1) is 25.7 Å². The van der Waals surface area contributed by atoms with E-state index >= 15 is 0 Å². The fraction of sp³-hybridized carbons (Fsp3) is 0.333. The van der Waals surface area contributed by atoms with Gasteiger partial charge in [-0.2, -0.15) is 0 Å². The average Bonchev–Trinajstić information content (AvgIpc) is 2.62. The second kappa shape index (κ2) is 8.77. The van der Waals surface area contributed by atoms with Crippen LogP contribution in [-0.2, 0) is 0 Å². The van der Waals surface area contributed by atoms with Crippen LogP contribution in [0.15, 0.2) is 36.4 Å². The SMILES string of the molecule is CCCCOc1ccc(Oc2cc(OC)ccc2[N+](=O)[O-])c(OC)c1. The average molecular weight is 347 g/mol. The number of nitro benzene ring substituents is 1. The lowest BCUT2D eigenvalue weighted by atomic mass is 10.2. The van der Waals surface area contributed by atoms with Gasteiger partial charge in [0, 0.05) is 18.2 Å². The van der Waals surface area contributed by atoms with Crippen molar-refractivity contribution in [1.29, 1.82) is 0 Å². The van der Waals surface area contributed by atoms with Crippen LogP contribution in [0, 0.1) is 10.1 Å². The second-order valence-electron chi connectivity index (χ2n) is 5.21. The topological polar surface area (TPSA) is 80.1 Å². The van der Waals surface area contributed by atoms with E-state index in [1.165, 1.54) is 32.4 Å². The lowest BCUT2D eigenvalue weighted by molar-refractivity contribution is -0.385. The van der Waals surface area contributed by atoms with Crippen molar-refractivity contribution in [2.45, 2.75) is 19.8 Å². The summed E-state index contributed by atoms with van der Waals surface area (Å²) in [4.78, 5) is 10.7. The maximum Gasteiger partial charge on any atom is 0.311 e. The first-order valence-electron chi connectivity index (χ1n) is 7.90. The monoisotopic (exact) mass is 347 g/mol. The molecule has 2 aromatic rings. The Balaban J connectivity index is 2.28. The molecule has 0 saturated heterocycles. The van der Waals surface area contributed by atoms with Crippen molar-refractivity contribution in [2.24, 2.45) is 0 Å². The van der Waals surface area contributed by atoms with Crippen molar-refractivity contribution < 1.29 is 23.9 Å². The Hall–Kier alpha value is -2.96. The van der Waals surface area contributed by atoms with Gasteiger partial charge in [-0.3, -0.25) is 10.1 Å². The summed E-state index contributed by atoms with van der Waals surface area (Å²) in [5.74, 6) is 1.95. The van der Waals surface area contributed by atoms with Crippen LogP contribution in [0.2, 0.25) is 0 Å². The van der Waals surface area contributed by atoms with Crippen molar-refractivity contribution in [3.63, 3.8) is 0 Å². The lowest BCUT2D eigenvalue weighted by Gasteiger charge is -2.13. The minimum atomic E-state index is -0.510. The smallest absolute Gasteiger partial charge is 0.311 e. The summed E-state index contributed by atoms with van der Waals surface area (Å²) in [6.07, 6.45) is 1.99. The van der Waals surface area contributed by atoms with E-state index in [2.05, 4.69) is 6.92 Å². The van der Waals surface area contributed by atoms with Crippen LogP contribution < -0.4 is 18.9 Å². The van der Waals surface area contributed by atoms with Gasteiger partial charge in [-0.05, 0) is 24.6 Å².